The van der Waals surface area contributed by atoms with Gasteiger partial charge in [-0.15, -0.1) is 0 Å². The lowest BCUT2D eigenvalue weighted by Gasteiger charge is -2.16. The van der Waals surface area contributed by atoms with Gasteiger partial charge in [0, 0.05) is 12.2 Å². The topological polar surface area (TPSA) is 48.1 Å². The van der Waals surface area contributed by atoms with Gasteiger partial charge in [0.25, 0.3) is 0 Å². The highest BCUT2D eigenvalue weighted by molar-refractivity contribution is 5.28. The third-order valence-electron chi connectivity index (χ3n) is 4.38. The molecule has 2 N–H and O–H groups in total. The standard InChI is InChI=1S/C15H22N2O/c1-9(2)18-11-6-10(7-17-8-11)15(16)14-12-4-3-5-13(12)14/h6-9,12-15H,3-5,16H2,1-2H3. The summed E-state index contributed by atoms with van der Waals surface area (Å²) in [5.74, 6) is 3.29. The van der Waals surface area contributed by atoms with Crippen LogP contribution < -0.4 is 10.5 Å². The molecule has 3 unspecified atom stereocenters. The molecule has 98 valence electrons. The van der Waals surface area contributed by atoms with Gasteiger partial charge in [-0.3, -0.25) is 4.98 Å². The average molecular weight is 246 g/mol. The molecular weight excluding hydrogens is 224 g/mol. The van der Waals surface area contributed by atoms with Crippen molar-refractivity contribution in [3.05, 3.63) is 24.0 Å². The van der Waals surface area contributed by atoms with E-state index in [0.29, 0.717) is 5.92 Å². The Kier molecular flexibility index (Phi) is 3.02. The molecule has 0 radical (unpaired) electrons. The van der Waals surface area contributed by atoms with Crippen LogP contribution in [0.4, 0.5) is 0 Å². The first-order valence-corrected chi connectivity index (χ1v) is 7.04. The molecule has 18 heavy (non-hydrogen) atoms. The first-order chi connectivity index (χ1) is 8.66. The fourth-order valence-corrected chi connectivity index (χ4v) is 3.59. The van der Waals surface area contributed by atoms with Crippen molar-refractivity contribution in [3.63, 3.8) is 0 Å². The number of nitrogens with zero attached hydrogens (tertiary/aromatic N) is 1. The van der Waals surface area contributed by atoms with Gasteiger partial charge in [0.1, 0.15) is 5.75 Å². The molecule has 3 rings (SSSR count). The molecule has 0 spiro atoms. The molecule has 2 saturated carbocycles. The van der Waals surface area contributed by atoms with Crippen LogP contribution in [-0.4, -0.2) is 11.1 Å². The molecule has 2 fully saturated rings. The van der Waals surface area contributed by atoms with E-state index in [-0.39, 0.29) is 12.1 Å². The Balaban J connectivity index is 1.72. The van der Waals surface area contributed by atoms with Crippen LogP contribution in [0.25, 0.3) is 0 Å². The van der Waals surface area contributed by atoms with Crippen LogP contribution in [0.3, 0.4) is 0 Å². The molecule has 3 nitrogen and oxygen atoms in total. The van der Waals surface area contributed by atoms with Crippen LogP contribution in [0.1, 0.15) is 44.7 Å². The van der Waals surface area contributed by atoms with Crippen molar-refractivity contribution in [2.75, 3.05) is 0 Å². The fraction of sp³-hybridized carbons (Fsp3) is 0.667. The predicted octanol–water partition coefficient (Wildman–Crippen LogP) is 2.91. The van der Waals surface area contributed by atoms with Crippen molar-refractivity contribution in [1.29, 1.82) is 0 Å². The molecule has 0 aliphatic heterocycles. The monoisotopic (exact) mass is 246 g/mol. The molecule has 1 heterocycles. The van der Waals surface area contributed by atoms with Gasteiger partial charge in [-0.2, -0.15) is 0 Å². The summed E-state index contributed by atoms with van der Waals surface area (Å²) in [6, 6.07) is 2.20. The van der Waals surface area contributed by atoms with Crippen molar-refractivity contribution < 1.29 is 4.74 Å². The van der Waals surface area contributed by atoms with Gasteiger partial charge in [-0.05, 0) is 56.1 Å². The highest BCUT2D eigenvalue weighted by Gasteiger charge is 2.55. The van der Waals surface area contributed by atoms with Crippen molar-refractivity contribution in [2.45, 2.75) is 45.3 Å². The van der Waals surface area contributed by atoms with Gasteiger partial charge in [0.2, 0.25) is 0 Å². The molecule has 0 aromatic carbocycles. The number of aromatic nitrogens is 1. The number of fused-ring (bicyclic) bond motifs is 1. The maximum atomic E-state index is 6.39. The van der Waals surface area contributed by atoms with E-state index < -0.39 is 0 Å². The van der Waals surface area contributed by atoms with Crippen molar-refractivity contribution in [2.24, 2.45) is 23.5 Å². The largest absolute Gasteiger partial charge is 0.489 e. The fourth-order valence-electron chi connectivity index (χ4n) is 3.59. The van der Waals surface area contributed by atoms with E-state index in [1.165, 1.54) is 19.3 Å². The molecule has 2 aliphatic rings. The van der Waals surface area contributed by atoms with Crippen molar-refractivity contribution in [1.82, 2.24) is 4.98 Å². The van der Waals surface area contributed by atoms with Crippen LogP contribution in [0.15, 0.2) is 18.5 Å². The lowest BCUT2D eigenvalue weighted by Crippen LogP contribution is -2.16. The maximum absolute atomic E-state index is 6.39. The smallest absolute Gasteiger partial charge is 0.138 e. The zero-order valence-electron chi connectivity index (χ0n) is 11.2. The second-order valence-corrected chi connectivity index (χ2v) is 5.98. The minimum Gasteiger partial charge on any atom is -0.489 e. The lowest BCUT2D eigenvalue weighted by atomic mass is 9.99. The van der Waals surface area contributed by atoms with E-state index in [1.54, 1.807) is 6.20 Å². The van der Waals surface area contributed by atoms with Crippen LogP contribution in [0.5, 0.6) is 5.75 Å². The first-order valence-electron chi connectivity index (χ1n) is 7.04. The van der Waals surface area contributed by atoms with Crippen LogP contribution in [0.2, 0.25) is 0 Å². The third kappa shape index (κ3) is 2.12. The number of ether oxygens (including phenoxy) is 1. The van der Waals surface area contributed by atoms with E-state index in [2.05, 4.69) is 11.1 Å². The van der Waals surface area contributed by atoms with Crippen LogP contribution in [0, 0.1) is 17.8 Å². The van der Waals surface area contributed by atoms with Gasteiger partial charge >= 0.3 is 0 Å². The van der Waals surface area contributed by atoms with Gasteiger partial charge in [-0.25, -0.2) is 0 Å². The number of pyridine rings is 1. The maximum Gasteiger partial charge on any atom is 0.138 e. The summed E-state index contributed by atoms with van der Waals surface area (Å²) in [4.78, 5) is 4.26. The van der Waals surface area contributed by atoms with E-state index in [4.69, 9.17) is 10.5 Å². The van der Waals surface area contributed by atoms with E-state index in [1.807, 2.05) is 20.0 Å². The first kappa shape index (κ1) is 12.0. The Labute approximate surface area is 109 Å². The Morgan fingerprint density at radius 3 is 2.67 bits per heavy atom. The molecule has 3 heteroatoms. The predicted molar refractivity (Wildman–Crippen MR) is 71.3 cm³/mol. The normalized spacial score (nSPS) is 31.2. The average Bonchev–Trinajstić information content (AvgIpc) is 2.80. The quantitative estimate of drug-likeness (QED) is 0.888. The van der Waals surface area contributed by atoms with Crippen molar-refractivity contribution in [3.8, 4) is 5.75 Å². The highest BCUT2D eigenvalue weighted by Crippen LogP contribution is 2.61. The summed E-state index contributed by atoms with van der Waals surface area (Å²) in [6.45, 7) is 4.05. The van der Waals surface area contributed by atoms with Gasteiger partial charge in [0.05, 0.1) is 12.3 Å². The SMILES string of the molecule is CC(C)Oc1cncc(C(N)C2C3CCCC32)c1. The van der Waals surface area contributed by atoms with E-state index in [0.717, 1.165) is 23.1 Å². The van der Waals surface area contributed by atoms with Crippen molar-refractivity contribution >= 4 is 0 Å². The molecule has 1 aromatic heterocycles. The molecule has 0 bridgehead atoms. The van der Waals surface area contributed by atoms with Gasteiger partial charge in [-0.1, -0.05) is 6.42 Å². The van der Waals surface area contributed by atoms with Crippen LogP contribution in [-0.2, 0) is 0 Å². The number of hydrogen-bond donors (Lipinski definition) is 1. The van der Waals surface area contributed by atoms with E-state index in [9.17, 15) is 0 Å². The highest BCUT2D eigenvalue weighted by atomic mass is 16.5. The molecular formula is C15H22N2O. The second kappa shape index (κ2) is 4.54. The zero-order valence-corrected chi connectivity index (χ0v) is 11.2. The Morgan fingerprint density at radius 1 is 1.28 bits per heavy atom. The molecule has 0 saturated heterocycles. The van der Waals surface area contributed by atoms with Crippen LogP contribution >= 0.6 is 0 Å². The Bertz CT molecular complexity index is 422. The summed E-state index contributed by atoms with van der Waals surface area (Å²) in [7, 11) is 0. The molecule has 2 aliphatic carbocycles. The summed E-state index contributed by atoms with van der Waals surface area (Å²) in [6.07, 6.45) is 7.99. The van der Waals surface area contributed by atoms with E-state index >= 15 is 0 Å². The minimum atomic E-state index is 0.142. The molecule has 0 amide bonds. The third-order valence-corrected chi connectivity index (χ3v) is 4.38. The summed E-state index contributed by atoms with van der Waals surface area (Å²) < 4.78 is 5.68. The lowest BCUT2D eigenvalue weighted by molar-refractivity contribution is 0.241. The van der Waals surface area contributed by atoms with Gasteiger partial charge in [0.15, 0.2) is 0 Å². The summed E-state index contributed by atoms with van der Waals surface area (Å²) in [5.41, 5.74) is 7.53. The number of rotatable bonds is 4. The molecule has 1 aromatic rings. The van der Waals surface area contributed by atoms with Gasteiger partial charge < -0.3 is 10.5 Å². The summed E-state index contributed by atoms with van der Waals surface area (Å²) >= 11 is 0. The number of hydrogen-bond acceptors (Lipinski definition) is 3. The Morgan fingerprint density at radius 2 is 2.00 bits per heavy atom. The Hall–Kier alpha value is -1.09. The molecule has 3 atom stereocenters. The minimum absolute atomic E-state index is 0.142. The zero-order chi connectivity index (χ0) is 12.7. The number of nitrogens with two attached hydrogens (primary N) is 1. The summed E-state index contributed by atoms with van der Waals surface area (Å²) in [5, 5.41) is 0. The second-order valence-electron chi connectivity index (χ2n) is 5.98.